The number of carbonyl (C=O) groups excluding carboxylic acids is 1. The fourth-order valence-electron chi connectivity index (χ4n) is 5.60. The van der Waals surface area contributed by atoms with Crippen molar-refractivity contribution >= 4 is 5.78 Å². The average Bonchev–Trinajstić information content (AvgIpc) is 2.45. The summed E-state index contributed by atoms with van der Waals surface area (Å²) < 4.78 is 0. The molecule has 0 unspecified atom stereocenters. The molecule has 0 aromatic heterocycles. The lowest BCUT2D eigenvalue weighted by molar-refractivity contribution is -0.129. The Morgan fingerprint density at radius 1 is 1.19 bits per heavy atom. The molecule has 0 saturated heterocycles. The van der Waals surface area contributed by atoms with Crippen molar-refractivity contribution in [2.45, 2.75) is 57.8 Å². The molecule has 2 nitrogen and oxygen atoms in total. The molecule has 21 heavy (non-hydrogen) atoms. The Kier molecular flexibility index (Phi) is 2.92. The summed E-state index contributed by atoms with van der Waals surface area (Å²) >= 11 is 0. The minimum absolute atomic E-state index is 0.255. The smallest absolute Gasteiger partial charge is 0.133 e. The molecule has 1 aromatic carbocycles. The number of fused-ring (bicyclic) bond motifs is 5. The van der Waals surface area contributed by atoms with E-state index in [1.807, 2.05) is 12.1 Å². The van der Waals surface area contributed by atoms with E-state index >= 15 is 0 Å². The summed E-state index contributed by atoms with van der Waals surface area (Å²) in [6, 6.07) is 5.96. The van der Waals surface area contributed by atoms with Crippen molar-refractivity contribution in [3.63, 3.8) is 0 Å². The summed E-state index contributed by atoms with van der Waals surface area (Å²) in [5, 5.41) is 9.70. The van der Waals surface area contributed by atoms with Crippen LogP contribution in [0.1, 0.15) is 62.5 Å². The normalized spacial score (nSPS) is 38.3. The van der Waals surface area contributed by atoms with Gasteiger partial charge in [-0.3, -0.25) is 4.79 Å². The van der Waals surface area contributed by atoms with Crippen LogP contribution in [0.2, 0.25) is 0 Å². The predicted octanol–water partition coefficient (Wildman–Crippen LogP) is 4.21. The quantitative estimate of drug-likeness (QED) is 0.775. The van der Waals surface area contributed by atoms with Crippen LogP contribution in [0.15, 0.2) is 18.2 Å². The summed E-state index contributed by atoms with van der Waals surface area (Å²) in [4.78, 5) is 11.9. The van der Waals surface area contributed by atoms with Gasteiger partial charge in [0.05, 0.1) is 0 Å². The van der Waals surface area contributed by atoms with Crippen molar-refractivity contribution < 1.29 is 9.90 Å². The second kappa shape index (κ2) is 4.59. The Morgan fingerprint density at radius 3 is 2.90 bits per heavy atom. The molecule has 4 rings (SSSR count). The standard InChI is InChI=1S/C19H24O2/c1-19-9-8-16-15-6-3-13(20)10-12(15)2-5-17(16)18(19)7-4-14(21)11-19/h3,6,10,16-18,20H,2,4-5,7-9,11H2,1H3/t16-,17-,18+,19-/m1/s1. The van der Waals surface area contributed by atoms with E-state index in [0.717, 1.165) is 37.5 Å². The highest BCUT2D eigenvalue weighted by Crippen LogP contribution is 2.59. The van der Waals surface area contributed by atoms with Crippen molar-refractivity contribution in [1.29, 1.82) is 0 Å². The lowest BCUT2D eigenvalue weighted by atomic mass is 9.51. The Morgan fingerprint density at radius 2 is 2.05 bits per heavy atom. The molecule has 0 bridgehead atoms. The number of hydrogen-bond donors (Lipinski definition) is 1. The predicted molar refractivity (Wildman–Crippen MR) is 82.3 cm³/mol. The fraction of sp³-hybridized carbons (Fsp3) is 0.632. The van der Waals surface area contributed by atoms with Crippen LogP contribution in [-0.2, 0) is 11.2 Å². The Balaban J connectivity index is 1.69. The number of hydrogen-bond acceptors (Lipinski definition) is 2. The maximum atomic E-state index is 11.9. The van der Waals surface area contributed by atoms with Gasteiger partial charge in [-0.1, -0.05) is 13.0 Å². The van der Waals surface area contributed by atoms with Crippen molar-refractivity contribution in [2.75, 3.05) is 0 Å². The van der Waals surface area contributed by atoms with Crippen LogP contribution < -0.4 is 0 Å². The summed E-state index contributed by atoms with van der Waals surface area (Å²) in [6.45, 7) is 2.36. The van der Waals surface area contributed by atoms with Crippen LogP contribution >= 0.6 is 0 Å². The first kappa shape index (κ1) is 13.4. The largest absolute Gasteiger partial charge is 0.508 e. The van der Waals surface area contributed by atoms with E-state index in [1.54, 1.807) is 0 Å². The average molecular weight is 284 g/mol. The van der Waals surface area contributed by atoms with Gasteiger partial charge in [-0.05, 0) is 78.5 Å². The highest BCUT2D eigenvalue weighted by Gasteiger charge is 2.50. The number of aryl methyl sites for hydroxylation is 1. The maximum Gasteiger partial charge on any atom is 0.133 e. The molecular weight excluding hydrogens is 260 g/mol. The van der Waals surface area contributed by atoms with E-state index in [-0.39, 0.29) is 5.41 Å². The fourth-order valence-corrected chi connectivity index (χ4v) is 5.60. The highest BCUT2D eigenvalue weighted by molar-refractivity contribution is 5.80. The zero-order valence-electron chi connectivity index (χ0n) is 12.8. The lowest BCUT2D eigenvalue weighted by Gasteiger charge is -2.53. The van der Waals surface area contributed by atoms with Gasteiger partial charge in [-0.15, -0.1) is 0 Å². The topological polar surface area (TPSA) is 37.3 Å². The van der Waals surface area contributed by atoms with Crippen LogP contribution in [0.5, 0.6) is 5.75 Å². The molecule has 0 radical (unpaired) electrons. The lowest BCUT2D eigenvalue weighted by Crippen LogP contribution is -2.46. The third-order valence-corrected chi connectivity index (χ3v) is 6.56. The number of rotatable bonds is 0. The molecule has 0 aliphatic heterocycles. The van der Waals surface area contributed by atoms with Crippen molar-refractivity contribution in [1.82, 2.24) is 0 Å². The van der Waals surface area contributed by atoms with Crippen LogP contribution in [0.4, 0.5) is 0 Å². The van der Waals surface area contributed by atoms with Crippen molar-refractivity contribution in [3.05, 3.63) is 29.3 Å². The van der Waals surface area contributed by atoms with E-state index in [2.05, 4.69) is 13.0 Å². The number of phenols is 1. The maximum absolute atomic E-state index is 11.9. The van der Waals surface area contributed by atoms with Gasteiger partial charge in [-0.25, -0.2) is 0 Å². The van der Waals surface area contributed by atoms with Crippen molar-refractivity contribution in [3.8, 4) is 5.75 Å². The molecule has 112 valence electrons. The Labute approximate surface area is 126 Å². The second-order valence-corrected chi connectivity index (χ2v) is 7.75. The molecule has 2 saturated carbocycles. The minimum Gasteiger partial charge on any atom is -0.508 e. The second-order valence-electron chi connectivity index (χ2n) is 7.75. The van der Waals surface area contributed by atoms with E-state index in [4.69, 9.17) is 0 Å². The number of aromatic hydroxyl groups is 1. The van der Waals surface area contributed by atoms with Gasteiger partial charge in [0.25, 0.3) is 0 Å². The molecule has 0 spiro atoms. The monoisotopic (exact) mass is 284 g/mol. The van der Waals surface area contributed by atoms with Crippen LogP contribution in [-0.4, -0.2) is 10.9 Å². The van der Waals surface area contributed by atoms with Gasteiger partial charge in [0.15, 0.2) is 0 Å². The summed E-state index contributed by atoms with van der Waals surface area (Å²) in [7, 11) is 0. The minimum atomic E-state index is 0.255. The van der Waals surface area contributed by atoms with E-state index < -0.39 is 0 Å². The van der Waals surface area contributed by atoms with E-state index in [0.29, 0.717) is 17.5 Å². The highest BCUT2D eigenvalue weighted by atomic mass is 16.3. The first-order chi connectivity index (χ1) is 10.1. The first-order valence-electron chi connectivity index (χ1n) is 8.40. The van der Waals surface area contributed by atoms with Gasteiger partial charge in [0, 0.05) is 12.8 Å². The van der Waals surface area contributed by atoms with Crippen LogP contribution in [0, 0.1) is 17.3 Å². The Hall–Kier alpha value is -1.31. The van der Waals surface area contributed by atoms with Gasteiger partial charge in [-0.2, -0.15) is 0 Å². The molecule has 1 aromatic rings. The number of phenolic OH excluding ortho intramolecular Hbond substituents is 1. The van der Waals surface area contributed by atoms with E-state index in [9.17, 15) is 9.90 Å². The third-order valence-electron chi connectivity index (χ3n) is 6.56. The molecule has 2 heteroatoms. The molecule has 1 N–H and O–H groups in total. The zero-order chi connectivity index (χ0) is 14.6. The van der Waals surface area contributed by atoms with Crippen molar-refractivity contribution in [2.24, 2.45) is 17.3 Å². The number of carbonyl (C=O) groups is 1. The molecule has 4 atom stereocenters. The SMILES string of the molecule is C[C@]12CC[C@@H]3c4ccc(O)cc4CC[C@H]3[C@@H]1CCC(=O)C2. The molecule has 3 aliphatic carbocycles. The number of benzene rings is 1. The van der Waals surface area contributed by atoms with Gasteiger partial charge < -0.3 is 5.11 Å². The molecule has 0 amide bonds. The number of ketones is 1. The van der Waals surface area contributed by atoms with Gasteiger partial charge >= 0.3 is 0 Å². The molecule has 0 heterocycles. The Bertz CT molecular complexity index is 591. The van der Waals surface area contributed by atoms with Crippen LogP contribution in [0.25, 0.3) is 0 Å². The summed E-state index contributed by atoms with van der Waals surface area (Å²) in [5.74, 6) is 3.00. The molecular formula is C19H24O2. The number of Topliss-reactive ketones (excluding diaryl/α,β-unsaturated/α-hetero) is 1. The zero-order valence-corrected chi connectivity index (χ0v) is 12.8. The van der Waals surface area contributed by atoms with Gasteiger partial charge in [0.2, 0.25) is 0 Å². The first-order valence-corrected chi connectivity index (χ1v) is 8.40. The summed E-state index contributed by atoms with van der Waals surface area (Å²) in [5.41, 5.74) is 3.08. The summed E-state index contributed by atoms with van der Waals surface area (Å²) in [6.07, 6.45) is 7.42. The van der Waals surface area contributed by atoms with Crippen LogP contribution in [0.3, 0.4) is 0 Å². The van der Waals surface area contributed by atoms with Gasteiger partial charge in [0.1, 0.15) is 11.5 Å². The molecule has 2 fully saturated rings. The molecule has 3 aliphatic rings. The third kappa shape index (κ3) is 2.03. The van der Waals surface area contributed by atoms with E-state index in [1.165, 1.54) is 30.4 Å².